The number of carbonyl (C=O) groups is 4. The number of fused-ring (bicyclic) bond motifs is 1. The Labute approximate surface area is 222 Å². The predicted molar refractivity (Wildman–Crippen MR) is 143 cm³/mol. The Bertz CT molecular complexity index is 1140. The molecule has 196 valence electrons. The van der Waals surface area contributed by atoms with Gasteiger partial charge in [-0.2, -0.15) is 0 Å². The summed E-state index contributed by atoms with van der Waals surface area (Å²) in [7, 11) is 0. The third-order valence-electron chi connectivity index (χ3n) is 8.13. The van der Waals surface area contributed by atoms with Gasteiger partial charge in [-0.05, 0) is 60.7 Å². The third-order valence-corrected chi connectivity index (χ3v) is 9.05. The maximum absolute atomic E-state index is 13.1. The van der Waals surface area contributed by atoms with Crippen LogP contribution in [0, 0.1) is 11.8 Å². The topological polar surface area (TPSA) is 86.8 Å². The minimum atomic E-state index is -0.484. The maximum Gasteiger partial charge on any atom is 0.251 e. The summed E-state index contributed by atoms with van der Waals surface area (Å²) in [4.78, 5) is 56.1. The van der Waals surface area contributed by atoms with Crippen LogP contribution >= 0.6 is 11.3 Å². The Morgan fingerprint density at radius 2 is 1.81 bits per heavy atom. The van der Waals surface area contributed by atoms with Crippen LogP contribution in [0.15, 0.2) is 41.8 Å². The lowest BCUT2D eigenvalue weighted by Crippen LogP contribution is -2.44. The molecule has 8 heteroatoms. The molecule has 5 rings (SSSR count). The molecule has 1 aromatic heterocycles. The summed E-state index contributed by atoms with van der Waals surface area (Å²) in [6.07, 6.45) is 5.67. The Morgan fingerprint density at radius 3 is 2.51 bits per heavy atom. The third kappa shape index (κ3) is 5.49. The fourth-order valence-electron chi connectivity index (χ4n) is 6.08. The number of amides is 3. The molecule has 3 fully saturated rings. The van der Waals surface area contributed by atoms with Crippen LogP contribution in [0.3, 0.4) is 0 Å². The second-order valence-electron chi connectivity index (χ2n) is 10.7. The second kappa shape index (κ2) is 11.2. The maximum atomic E-state index is 13.1. The molecule has 2 aliphatic heterocycles. The number of nitrogens with one attached hydrogen (secondary N) is 1. The van der Waals surface area contributed by atoms with E-state index in [0.717, 1.165) is 31.2 Å². The van der Waals surface area contributed by atoms with Crippen molar-refractivity contribution in [3.63, 3.8) is 0 Å². The van der Waals surface area contributed by atoms with E-state index in [1.54, 1.807) is 21.1 Å². The lowest BCUT2D eigenvalue weighted by molar-refractivity contribution is -0.137. The van der Waals surface area contributed by atoms with Gasteiger partial charge in [-0.15, -0.1) is 11.3 Å². The van der Waals surface area contributed by atoms with Crippen molar-refractivity contribution in [1.82, 2.24) is 15.1 Å². The number of thiophene rings is 1. The molecule has 1 aliphatic carbocycles. The largest absolute Gasteiger partial charge is 0.352 e. The molecule has 2 saturated heterocycles. The number of carbonyl (C=O) groups excluding carboxylic acids is 4. The molecular weight excluding hydrogens is 486 g/mol. The Kier molecular flexibility index (Phi) is 7.74. The summed E-state index contributed by atoms with van der Waals surface area (Å²) >= 11 is 1.67. The first-order valence-corrected chi connectivity index (χ1v) is 14.3. The molecule has 3 heterocycles. The summed E-state index contributed by atoms with van der Waals surface area (Å²) in [5, 5.41) is 4.99. The molecule has 1 saturated carbocycles. The van der Waals surface area contributed by atoms with E-state index in [1.165, 1.54) is 4.88 Å². The monoisotopic (exact) mass is 521 g/mol. The van der Waals surface area contributed by atoms with Gasteiger partial charge in [0.2, 0.25) is 11.8 Å². The number of hydrogen-bond acceptors (Lipinski definition) is 5. The van der Waals surface area contributed by atoms with Crippen LogP contribution in [0.25, 0.3) is 10.4 Å². The van der Waals surface area contributed by atoms with Crippen molar-refractivity contribution < 1.29 is 19.2 Å². The number of nitrogens with zero attached hydrogens (tertiary/aromatic N) is 2. The Morgan fingerprint density at radius 1 is 1.05 bits per heavy atom. The minimum Gasteiger partial charge on any atom is -0.352 e. The van der Waals surface area contributed by atoms with Gasteiger partial charge in [-0.1, -0.05) is 38.0 Å². The normalized spacial score (nSPS) is 22.4. The summed E-state index contributed by atoms with van der Waals surface area (Å²) in [6.45, 7) is 3.15. The van der Waals surface area contributed by atoms with Gasteiger partial charge in [0.25, 0.3) is 5.91 Å². The van der Waals surface area contributed by atoms with Crippen molar-refractivity contribution >= 4 is 34.8 Å². The molecule has 1 N–H and O–H groups in total. The van der Waals surface area contributed by atoms with E-state index >= 15 is 0 Å². The predicted octanol–water partition coefficient (Wildman–Crippen LogP) is 4.13. The van der Waals surface area contributed by atoms with Crippen molar-refractivity contribution in [2.24, 2.45) is 11.8 Å². The SMILES string of the molecule is CC(CCNC(=O)c1ccc(-c2cccs2)cc1)CC(=O)N1CCC2C1C(=O)CN2C(=O)C1CCCC1. The van der Waals surface area contributed by atoms with Crippen LogP contribution in [0.5, 0.6) is 0 Å². The molecule has 1 aromatic carbocycles. The Hall–Kier alpha value is -3.00. The standard InChI is InChI=1S/C29H35N3O4S/c1-19(12-14-30-28(35)21-10-8-20(9-11-21)25-7-4-16-37-25)17-26(34)31-15-13-23-27(31)24(33)18-32(23)29(36)22-5-2-3-6-22/h4,7-11,16,19,22-23,27H,2-3,5-6,12-15,17-18H2,1H3,(H,30,35). The van der Waals surface area contributed by atoms with E-state index in [4.69, 9.17) is 0 Å². The zero-order valence-electron chi connectivity index (χ0n) is 21.4. The first-order valence-electron chi connectivity index (χ1n) is 13.5. The summed E-state index contributed by atoms with van der Waals surface area (Å²) in [5.74, 6) is 0.0672. The average molecular weight is 522 g/mol. The number of rotatable bonds is 8. The molecule has 0 radical (unpaired) electrons. The van der Waals surface area contributed by atoms with Crippen LogP contribution < -0.4 is 5.32 Å². The highest BCUT2D eigenvalue weighted by atomic mass is 32.1. The quantitative estimate of drug-likeness (QED) is 0.566. The minimum absolute atomic E-state index is 0.00721. The summed E-state index contributed by atoms with van der Waals surface area (Å²) < 4.78 is 0. The van der Waals surface area contributed by atoms with Crippen molar-refractivity contribution in [3.8, 4) is 10.4 Å². The highest BCUT2D eigenvalue weighted by Crippen LogP contribution is 2.35. The first kappa shape index (κ1) is 25.6. The molecule has 3 amide bonds. The number of hydrogen-bond donors (Lipinski definition) is 1. The van der Waals surface area contributed by atoms with E-state index in [9.17, 15) is 19.2 Å². The van der Waals surface area contributed by atoms with Gasteiger partial charge in [-0.3, -0.25) is 19.2 Å². The van der Waals surface area contributed by atoms with Crippen molar-refractivity contribution in [2.75, 3.05) is 19.6 Å². The van der Waals surface area contributed by atoms with Crippen LogP contribution in [0.4, 0.5) is 0 Å². The first-order chi connectivity index (χ1) is 17.9. The Balaban J connectivity index is 1.08. The number of likely N-dealkylation sites (tertiary alicyclic amines) is 2. The van der Waals surface area contributed by atoms with E-state index in [0.29, 0.717) is 37.9 Å². The van der Waals surface area contributed by atoms with Crippen LogP contribution in [-0.2, 0) is 14.4 Å². The molecule has 0 spiro atoms. The lowest BCUT2D eigenvalue weighted by Gasteiger charge is -2.26. The number of Topliss-reactive ketones (excluding diaryl/α,β-unsaturated/α-hetero) is 1. The molecule has 37 heavy (non-hydrogen) atoms. The average Bonchev–Trinajstić information content (AvgIpc) is 3.70. The van der Waals surface area contributed by atoms with Gasteiger partial charge in [0.1, 0.15) is 6.04 Å². The zero-order valence-corrected chi connectivity index (χ0v) is 22.2. The van der Waals surface area contributed by atoms with Gasteiger partial charge in [0, 0.05) is 35.9 Å². The fraction of sp³-hybridized carbons (Fsp3) is 0.517. The fourth-order valence-corrected chi connectivity index (χ4v) is 6.81. The van der Waals surface area contributed by atoms with Crippen molar-refractivity contribution in [2.45, 2.75) is 64.0 Å². The molecule has 3 atom stereocenters. The summed E-state index contributed by atoms with van der Waals surface area (Å²) in [6, 6.07) is 11.0. The van der Waals surface area contributed by atoms with Crippen molar-refractivity contribution in [1.29, 1.82) is 0 Å². The van der Waals surface area contributed by atoms with E-state index in [-0.39, 0.29) is 47.9 Å². The van der Waals surface area contributed by atoms with Crippen LogP contribution in [0.2, 0.25) is 0 Å². The van der Waals surface area contributed by atoms with Gasteiger partial charge < -0.3 is 15.1 Å². The molecule has 3 unspecified atom stereocenters. The number of ketones is 1. The van der Waals surface area contributed by atoms with Crippen LogP contribution in [0.1, 0.15) is 62.2 Å². The zero-order chi connectivity index (χ0) is 25.9. The highest BCUT2D eigenvalue weighted by Gasteiger charge is 2.52. The van der Waals surface area contributed by atoms with Gasteiger partial charge in [0.15, 0.2) is 5.78 Å². The molecule has 2 aromatic rings. The molecular formula is C29H35N3O4S. The smallest absolute Gasteiger partial charge is 0.251 e. The lowest BCUT2D eigenvalue weighted by atomic mass is 10.0. The summed E-state index contributed by atoms with van der Waals surface area (Å²) in [5.41, 5.74) is 1.71. The molecule has 7 nitrogen and oxygen atoms in total. The van der Waals surface area contributed by atoms with E-state index in [1.807, 2.05) is 42.6 Å². The van der Waals surface area contributed by atoms with Crippen LogP contribution in [-0.4, -0.2) is 65.0 Å². The van der Waals surface area contributed by atoms with E-state index in [2.05, 4.69) is 11.4 Å². The second-order valence-corrected chi connectivity index (χ2v) is 11.7. The van der Waals surface area contributed by atoms with Gasteiger partial charge >= 0.3 is 0 Å². The molecule has 3 aliphatic rings. The van der Waals surface area contributed by atoms with Gasteiger partial charge in [-0.25, -0.2) is 0 Å². The van der Waals surface area contributed by atoms with E-state index < -0.39 is 6.04 Å². The van der Waals surface area contributed by atoms with Crippen molar-refractivity contribution in [3.05, 3.63) is 47.3 Å². The number of benzene rings is 1. The molecule has 0 bridgehead atoms. The van der Waals surface area contributed by atoms with Gasteiger partial charge in [0.05, 0.1) is 12.6 Å². The highest BCUT2D eigenvalue weighted by molar-refractivity contribution is 7.13.